The van der Waals surface area contributed by atoms with Gasteiger partial charge in [-0.05, 0) is 38.7 Å². The largest absolute Gasteiger partial charge is 0.359 e. The van der Waals surface area contributed by atoms with Gasteiger partial charge in [-0.25, -0.2) is 0 Å². The molecule has 0 N–H and O–H groups in total. The molecule has 0 spiro atoms. The van der Waals surface area contributed by atoms with E-state index in [1.165, 1.54) is 15.3 Å². The Morgan fingerprint density at radius 2 is 1.36 bits per heavy atom. The van der Waals surface area contributed by atoms with E-state index in [2.05, 4.69) is 30.3 Å². The second kappa shape index (κ2) is 4.92. The average Bonchev–Trinajstić information content (AvgIpc) is 2.55. The topological polar surface area (TPSA) is 3.88 Å². The number of halogens is 1. The SMILES string of the molecule is C[n+]1ccc(-c2c3ccccc3cc3ccccc23)cc1F. The first-order valence-corrected chi connectivity index (χ1v) is 7.30. The van der Waals surface area contributed by atoms with Crippen LogP contribution in [0.2, 0.25) is 0 Å². The molecule has 0 fully saturated rings. The van der Waals surface area contributed by atoms with Crippen molar-refractivity contribution >= 4 is 21.5 Å². The van der Waals surface area contributed by atoms with Gasteiger partial charge in [0.1, 0.15) is 7.05 Å². The molecule has 0 radical (unpaired) electrons. The van der Waals surface area contributed by atoms with E-state index in [1.54, 1.807) is 19.3 Å². The number of aromatic nitrogens is 1. The number of nitrogens with zero attached hydrogens (tertiary/aromatic N) is 1. The molecule has 0 saturated heterocycles. The van der Waals surface area contributed by atoms with E-state index in [-0.39, 0.29) is 5.95 Å². The lowest BCUT2D eigenvalue weighted by Crippen LogP contribution is -2.31. The highest BCUT2D eigenvalue weighted by atomic mass is 19.1. The molecule has 3 aromatic carbocycles. The Bertz CT molecular complexity index is 951. The summed E-state index contributed by atoms with van der Waals surface area (Å²) in [6.07, 6.45) is 1.77. The van der Waals surface area contributed by atoms with Gasteiger partial charge in [0.25, 0.3) is 0 Å². The molecule has 0 aliphatic rings. The van der Waals surface area contributed by atoms with E-state index in [1.807, 2.05) is 30.3 Å². The molecule has 0 saturated carbocycles. The van der Waals surface area contributed by atoms with Crippen molar-refractivity contribution < 1.29 is 8.96 Å². The maximum atomic E-state index is 14.0. The fraction of sp³-hybridized carbons (Fsp3) is 0.0500. The molecule has 0 aliphatic carbocycles. The van der Waals surface area contributed by atoms with E-state index < -0.39 is 0 Å². The van der Waals surface area contributed by atoms with Crippen molar-refractivity contribution in [3.8, 4) is 11.1 Å². The van der Waals surface area contributed by atoms with Crippen LogP contribution in [-0.4, -0.2) is 0 Å². The number of hydrogen-bond acceptors (Lipinski definition) is 0. The quantitative estimate of drug-likeness (QED) is 0.273. The van der Waals surface area contributed by atoms with Crippen molar-refractivity contribution in [2.45, 2.75) is 0 Å². The van der Waals surface area contributed by atoms with Crippen LogP contribution in [0, 0.1) is 5.95 Å². The molecule has 1 nitrogen and oxygen atoms in total. The third-order valence-electron chi connectivity index (χ3n) is 4.15. The summed E-state index contributed by atoms with van der Waals surface area (Å²) in [5.74, 6) is -0.241. The summed E-state index contributed by atoms with van der Waals surface area (Å²) in [6, 6.07) is 22.3. The molecule has 2 heteroatoms. The van der Waals surface area contributed by atoms with Crippen molar-refractivity contribution in [2.75, 3.05) is 0 Å². The number of fused-ring (bicyclic) bond motifs is 2. The van der Waals surface area contributed by atoms with Gasteiger partial charge in [0.05, 0.1) is 6.07 Å². The van der Waals surface area contributed by atoms with Gasteiger partial charge in [0.15, 0.2) is 6.20 Å². The van der Waals surface area contributed by atoms with Gasteiger partial charge in [-0.3, -0.25) is 0 Å². The number of aryl methyl sites for hydroxylation is 1. The molecule has 0 amide bonds. The smallest absolute Gasteiger partial charge is 0.176 e. The van der Waals surface area contributed by atoms with Crippen LogP contribution in [0.5, 0.6) is 0 Å². The molecule has 22 heavy (non-hydrogen) atoms. The zero-order valence-corrected chi connectivity index (χ0v) is 12.3. The standard InChI is InChI=1S/C20H15FN/c1-22-11-10-16(13-19(22)21)20-17-8-4-2-6-14(17)12-15-7-3-5-9-18(15)20/h2-13H,1H3/q+1. The first-order chi connectivity index (χ1) is 10.7. The normalized spacial score (nSPS) is 11.2. The van der Waals surface area contributed by atoms with E-state index in [0.717, 1.165) is 21.9 Å². The van der Waals surface area contributed by atoms with Crippen LogP contribution in [0.25, 0.3) is 32.7 Å². The highest BCUT2D eigenvalue weighted by Crippen LogP contribution is 2.36. The molecule has 4 rings (SSSR count). The van der Waals surface area contributed by atoms with Crippen LogP contribution in [0.1, 0.15) is 0 Å². The molecule has 1 aromatic heterocycles. The predicted molar refractivity (Wildman–Crippen MR) is 88.0 cm³/mol. The molecule has 0 aliphatic heterocycles. The summed E-state index contributed by atoms with van der Waals surface area (Å²) < 4.78 is 15.5. The van der Waals surface area contributed by atoms with Crippen molar-refractivity contribution in [1.82, 2.24) is 0 Å². The number of hydrogen-bond donors (Lipinski definition) is 0. The molecule has 1 heterocycles. The first-order valence-electron chi connectivity index (χ1n) is 7.30. The van der Waals surface area contributed by atoms with Crippen LogP contribution in [0.4, 0.5) is 4.39 Å². The highest BCUT2D eigenvalue weighted by molar-refractivity contribution is 6.12. The summed E-state index contributed by atoms with van der Waals surface area (Å²) in [7, 11) is 1.71. The van der Waals surface area contributed by atoms with E-state index in [4.69, 9.17) is 0 Å². The summed E-state index contributed by atoms with van der Waals surface area (Å²) in [5, 5.41) is 4.64. The van der Waals surface area contributed by atoms with Crippen molar-refractivity contribution in [2.24, 2.45) is 7.05 Å². The van der Waals surface area contributed by atoms with Crippen molar-refractivity contribution in [1.29, 1.82) is 0 Å². The Morgan fingerprint density at radius 3 is 1.95 bits per heavy atom. The summed E-state index contributed by atoms with van der Waals surface area (Å²) in [6.45, 7) is 0. The molecule has 0 atom stereocenters. The fourth-order valence-electron chi connectivity index (χ4n) is 3.02. The Hall–Kier alpha value is -2.74. The van der Waals surface area contributed by atoms with Crippen LogP contribution >= 0.6 is 0 Å². The lowest BCUT2D eigenvalue weighted by Gasteiger charge is -2.11. The van der Waals surface area contributed by atoms with Gasteiger partial charge in [-0.15, -0.1) is 4.39 Å². The minimum Gasteiger partial charge on any atom is -0.176 e. The van der Waals surface area contributed by atoms with Crippen molar-refractivity contribution in [3.05, 3.63) is 78.9 Å². The molecular formula is C20H15FN+. The van der Waals surface area contributed by atoms with Crippen LogP contribution < -0.4 is 4.57 Å². The van der Waals surface area contributed by atoms with Crippen LogP contribution in [-0.2, 0) is 7.05 Å². The zero-order chi connectivity index (χ0) is 15.1. The van der Waals surface area contributed by atoms with Crippen LogP contribution in [0.15, 0.2) is 72.9 Å². The minimum atomic E-state index is -0.241. The third-order valence-corrected chi connectivity index (χ3v) is 4.15. The Balaban J connectivity index is 2.18. The van der Waals surface area contributed by atoms with E-state index in [0.29, 0.717) is 0 Å². The zero-order valence-electron chi connectivity index (χ0n) is 12.3. The van der Waals surface area contributed by atoms with E-state index in [9.17, 15) is 4.39 Å². The summed E-state index contributed by atoms with van der Waals surface area (Å²) >= 11 is 0. The molecule has 0 unspecified atom stereocenters. The number of rotatable bonds is 1. The highest BCUT2D eigenvalue weighted by Gasteiger charge is 2.13. The molecule has 106 valence electrons. The van der Waals surface area contributed by atoms with E-state index >= 15 is 0 Å². The summed E-state index contributed by atoms with van der Waals surface area (Å²) in [5.41, 5.74) is 2.00. The molecule has 0 bridgehead atoms. The lowest BCUT2D eigenvalue weighted by atomic mass is 9.92. The summed E-state index contributed by atoms with van der Waals surface area (Å²) in [4.78, 5) is 0. The van der Waals surface area contributed by atoms with Gasteiger partial charge >= 0.3 is 5.95 Å². The number of pyridine rings is 1. The molecule has 4 aromatic rings. The predicted octanol–water partition coefficient (Wildman–Crippen LogP) is 4.62. The van der Waals surface area contributed by atoms with Gasteiger partial charge < -0.3 is 0 Å². The average molecular weight is 288 g/mol. The Morgan fingerprint density at radius 1 is 0.773 bits per heavy atom. The monoisotopic (exact) mass is 288 g/mol. The maximum absolute atomic E-state index is 14.0. The van der Waals surface area contributed by atoms with Crippen molar-refractivity contribution in [3.63, 3.8) is 0 Å². The van der Waals surface area contributed by atoms with Gasteiger partial charge in [0, 0.05) is 6.07 Å². The Kier molecular flexibility index (Phi) is 2.90. The first kappa shape index (κ1) is 13.0. The Labute approximate surface area is 128 Å². The maximum Gasteiger partial charge on any atom is 0.359 e. The lowest BCUT2D eigenvalue weighted by molar-refractivity contribution is -0.700. The van der Waals surface area contributed by atoms with Crippen LogP contribution in [0.3, 0.4) is 0 Å². The van der Waals surface area contributed by atoms with Gasteiger partial charge in [-0.1, -0.05) is 48.5 Å². The second-order valence-electron chi connectivity index (χ2n) is 5.54. The second-order valence-corrected chi connectivity index (χ2v) is 5.54. The molecular weight excluding hydrogens is 273 g/mol. The minimum absolute atomic E-state index is 0.241. The third kappa shape index (κ3) is 1.96. The fourth-order valence-corrected chi connectivity index (χ4v) is 3.02. The number of benzene rings is 3. The van der Waals surface area contributed by atoms with Gasteiger partial charge in [0.2, 0.25) is 0 Å². The van der Waals surface area contributed by atoms with Gasteiger partial charge in [-0.2, -0.15) is 4.57 Å².